The van der Waals surface area contributed by atoms with E-state index in [4.69, 9.17) is 6.57 Å². The number of fused-ring (bicyclic) bond motifs is 6. The third-order valence-corrected chi connectivity index (χ3v) is 8.49. The summed E-state index contributed by atoms with van der Waals surface area (Å²) < 4.78 is 4.55. The Balaban J connectivity index is 1.35. The van der Waals surface area contributed by atoms with E-state index in [0.717, 1.165) is 49.9 Å². The Hall–Kier alpha value is -6.10. The van der Waals surface area contributed by atoms with E-state index < -0.39 is 0 Å². The number of para-hydroxylation sites is 3. The molecule has 2 aromatic heterocycles. The topological polar surface area (TPSA) is 38.0 Å². The van der Waals surface area contributed by atoms with Gasteiger partial charge >= 0.3 is 0 Å². The molecule has 0 fully saturated rings. The highest BCUT2D eigenvalue weighted by atomic mass is 15.0. The van der Waals surface area contributed by atoms with E-state index in [9.17, 15) is 5.26 Å². The Morgan fingerprint density at radius 2 is 1.12 bits per heavy atom. The van der Waals surface area contributed by atoms with Gasteiger partial charge in [0.15, 0.2) is 0 Å². The molecular formula is C39H24N4. The van der Waals surface area contributed by atoms with E-state index in [0.29, 0.717) is 11.3 Å². The molecule has 0 saturated carbocycles. The zero-order chi connectivity index (χ0) is 29.1. The fraction of sp³-hybridized carbons (Fsp3) is 0.0256. The number of hydrogen-bond donors (Lipinski definition) is 0. The Bertz CT molecular complexity index is 2480. The lowest BCUT2D eigenvalue weighted by atomic mass is 10.0. The SMILES string of the molecule is [C-]#[N+]c1cc(C)c(-n2c3ccccc3c3cc(-c4ccc5c(c4)c4ccccc4n5-c4ccccc4)ccc32)cc1C#N. The molecule has 0 radical (unpaired) electrons. The van der Waals surface area contributed by atoms with Gasteiger partial charge in [-0.1, -0.05) is 72.8 Å². The molecular weight excluding hydrogens is 524 g/mol. The molecule has 0 spiro atoms. The summed E-state index contributed by atoms with van der Waals surface area (Å²) in [5.74, 6) is 0. The normalized spacial score (nSPS) is 11.3. The van der Waals surface area contributed by atoms with Gasteiger partial charge in [0.1, 0.15) is 0 Å². The molecule has 0 amide bonds. The molecule has 0 N–H and O–H groups in total. The van der Waals surface area contributed by atoms with Crippen molar-refractivity contribution >= 4 is 49.3 Å². The van der Waals surface area contributed by atoms with E-state index >= 15 is 0 Å². The number of aromatic nitrogens is 2. The number of benzene rings is 6. The van der Waals surface area contributed by atoms with Crippen molar-refractivity contribution < 1.29 is 0 Å². The van der Waals surface area contributed by atoms with Crippen LogP contribution in [0.4, 0.5) is 5.69 Å². The molecule has 8 rings (SSSR count). The van der Waals surface area contributed by atoms with Crippen molar-refractivity contribution in [1.82, 2.24) is 9.13 Å². The van der Waals surface area contributed by atoms with Gasteiger partial charge in [-0.3, -0.25) is 0 Å². The first-order valence-corrected chi connectivity index (χ1v) is 14.2. The second-order valence-electron chi connectivity index (χ2n) is 10.9. The van der Waals surface area contributed by atoms with Crippen LogP contribution in [0.1, 0.15) is 11.1 Å². The molecule has 8 aromatic rings. The third kappa shape index (κ3) is 3.68. The number of nitrogens with zero attached hydrogens (tertiary/aromatic N) is 4. The lowest BCUT2D eigenvalue weighted by molar-refractivity contribution is 1.15. The average molecular weight is 549 g/mol. The minimum absolute atomic E-state index is 0.385. The highest BCUT2D eigenvalue weighted by Crippen LogP contribution is 2.39. The predicted octanol–water partition coefficient (Wildman–Crippen LogP) is 10.3. The highest BCUT2D eigenvalue weighted by Gasteiger charge is 2.17. The van der Waals surface area contributed by atoms with Gasteiger partial charge in [-0.15, -0.1) is 0 Å². The maximum atomic E-state index is 9.75. The molecule has 43 heavy (non-hydrogen) atoms. The molecule has 0 aliphatic carbocycles. The first-order valence-electron chi connectivity index (χ1n) is 14.2. The van der Waals surface area contributed by atoms with Crippen molar-refractivity contribution in [2.45, 2.75) is 6.92 Å². The second kappa shape index (κ2) is 9.48. The molecule has 2 heterocycles. The summed E-state index contributed by atoms with van der Waals surface area (Å²) in [5, 5.41) is 14.5. The van der Waals surface area contributed by atoms with Crippen molar-refractivity contribution in [3.63, 3.8) is 0 Å². The van der Waals surface area contributed by atoms with Crippen molar-refractivity contribution in [3.8, 4) is 28.6 Å². The van der Waals surface area contributed by atoms with Crippen LogP contribution in [0.2, 0.25) is 0 Å². The maximum Gasteiger partial charge on any atom is 0.205 e. The minimum Gasteiger partial charge on any atom is -0.309 e. The van der Waals surface area contributed by atoms with Gasteiger partial charge in [0.2, 0.25) is 5.69 Å². The van der Waals surface area contributed by atoms with Crippen LogP contribution in [-0.2, 0) is 0 Å². The molecule has 0 aliphatic rings. The van der Waals surface area contributed by atoms with Crippen molar-refractivity contribution in [3.05, 3.63) is 150 Å². The van der Waals surface area contributed by atoms with Gasteiger partial charge < -0.3 is 9.13 Å². The fourth-order valence-corrected chi connectivity index (χ4v) is 6.52. The summed E-state index contributed by atoms with van der Waals surface area (Å²) in [6.45, 7) is 9.50. The van der Waals surface area contributed by atoms with E-state index in [-0.39, 0.29) is 0 Å². The van der Waals surface area contributed by atoms with Crippen LogP contribution in [0.5, 0.6) is 0 Å². The van der Waals surface area contributed by atoms with Gasteiger partial charge in [-0.25, -0.2) is 4.85 Å². The molecule has 200 valence electrons. The molecule has 6 aromatic carbocycles. The minimum atomic E-state index is 0.385. The quantitative estimate of drug-likeness (QED) is 0.202. The molecule has 0 saturated heterocycles. The highest BCUT2D eigenvalue weighted by molar-refractivity contribution is 6.12. The molecule has 4 nitrogen and oxygen atoms in total. The summed E-state index contributed by atoms with van der Waals surface area (Å²) in [4.78, 5) is 3.57. The Morgan fingerprint density at radius 1 is 0.581 bits per heavy atom. The van der Waals surface area contributed by atoms with Crippen LogP contribution in [0, 0.1) is 24.8 Å². The number of rotatable bonds is 3. The van der Waals surface area contributed by atoms with Crippen LogP contribution >= 0.6 is 0 Å². The Labute approximate surface area is 248 Å². The molecule has 0 aliphatic heterocycles. The third-order valence-electron chi connectivity index (χ3n) is 8.49. The van der Waals surface area contributed by atoms with E-state index in [2.05, 4.69) is 129 Å². The van der Waals surface area contributed by atoms with Gasteiger partial charge in [0.05, 0.1) is 40.3 Å². The van der Waals surface area contributed by atoms with Crippen LogP contribution in [0.15, 0.2) is 127 Å². The summed E-state index contributed by atoms with van der Waals surface area (Å²) in [5.41, 5.74) is 10.6. The van der Waals surface area contributed by atoms with Gasteiger partial charge in [-0.2, -0.15) is 5.26 Å². The Kier molecular flexibility index (Phi) is 5.44. The molecule has 0 unspecified atom stereocenters. The zero-order valence-electron chi connectivity index (χ0n) is 23.4. The second-order valence-corrected chi connectivity index (χ2v) is 10.9. The molecule has 0 bridgehead atoms. The van der Waals surface area contributed by atoms with E-state index in [1.165, 1.54) is 21.8 Å². The first kappa shape index (κ1) is 24.7. The van der Waals surface area contributed by atoms with Crippen LogP contribution in [-0.4, -0.2) is 9.13 Å². The van der Waals surface area contributed by atoms with Crippen LogP contribution in [0.25, 0.3) is 71.0 Å². The lowest BCUT2D eigenvalue weighted by Crippen LogP contribution is -1.98. The van der Waals surface area contributed by atoms with E-state index in [1.807, 2.05) is 25.1 Å². The molecule has 0 atom stereocenters. The van der Waals surface area contributed by atoms with E-state index in [1.54, 1.807) is 0 Å². The van der Waals surface area contributed by atoms with Gasteiger partial charge in [0.25, 0.3) is 0 Å². The van der Waals surface area contributed by atoms with Gasteiger partial charge in [-0.05, 0) is 78.2 Å². The largest absolute Gasteiger partial charge is 0.309 e. The maximum absolute atomic E-state index is 9.75. The summed E-state index contributed by atoms with van der Waals surface area (Å²) in [6, 6.07) is 46.8. The standard InChI is InChI=1S/C39H24N4/c1-25-20-34(41-2)28(24-40)23-39(25)43-36-15-9-7-13-31(36)33-22-27(17-19-38(33)43)26-16-18-37-32(21-26)30-12-6-8-14-35(30)42(37)29-10-4-3-5-11-29/h3-23H,1H3. The van der Waals surface area contributed by atoms with Crippen molar-refractivity contribution in [1.29, 1.82) is 5.26 Å². The van der Waals surface area contributed by atoms with Crippen molar-refractivity contribution in [2.24, 2.45) is 0 Å². The first-order chi connectivity index (χ1) is 21.2. The summed E-state index contributed by atoms with van der Waals surface area (Å²) >= 11 is 0. The smallest absolute Gasteiger partial charge is 0.205 e. The monoisotopic (exact) mass is 548 g/mol. The van der Waals surface area contributed by atoms with Crippen LogP contribution in [0.3, 0.4) is 0 Å². The van der Waals surface area contributed by atoms with Crippen LogP contribution < -0.4 is 0 Å². The average Bonchev–Trinajstić information content (AvgIpc) is 3.57. The number of hydrogen-bond acceptors (Lipinski definition) is 1. The summed E-state index contributed by atoms with van der Waals surface area (Å²) in [6.07, 6.45) is 0. The molecule has 4 heteroatoms. The number of aryl methyl sites for hydroxylation is 1. The van der Waals surface area contributed by atoms with Gasteiger partial charge in [0, 0.05) is 32.9 Å². The lowest BCUT2D eigenvalue weighted by Gasteiger charge is -2.13. The zero-order valence-corrected chi connectivity index (χ0v) is 23.4. The predicted molar refractivity (Wildman–Crippen MR) is 176 cm³/mol. The Morgan fingerprint density at radius 3 is 1.72 bits per heavy atom. The summed E-state index contributed by atoms with van der Waals surface area (Å²) in [7, 11) is 0. The fourth-order valence-electron chi connectivity index (χ4n) is 6.52. The number of nitriles is 1. The van der Waals surface area contributed by atoms with Crippen molar-refractivity contribution in [2.75, 3.05) is 0 Å².